The lowest BCUT2D eigenvalue weighted by Gasteiger charge is -2.27. The molecular formula is C26H39N9O5. The molecule has 0 aliphatic carbocycles. The number of H-pyrrole nitrogens is 1. The number of benzene rings is 1. The highest BCUT2D eigenvalue weighted by Gasteiger charge is 2.32. The van der Waals surface area contributed by atoms with Gasteiger partial charge in [0.25, 0.3) is 0 Å². The van der Waals surface area contributed by atoms with Crippen molar-refractivity contribution < 1.29 is 24.3 Å². The van der Waals surface area contributed by atoms with Crippen LogP contribution in [0.2, 0.25) is 0 Å². The van der Waals surface area contributed by atoms with Crippen LogP contribution in [0.5, 0.6) is 0 Å². The van der Waals surface area contributed by atoms with Gasteiger partial charge in [0.15, 0.2) is 5.96 Å². The minimum absolute atomic E-state index is 0.0122. The summed E-state index contributed by atoms with van der Waals surface area (Å²) >= 11 is 0. The highest BCUT2D eigenvalue weighted by molar-refractivity contribution is 5.94. The molecule has 2 aromatic rings. The number of nitrogens with zero attached hydrogens (tertiary/aromatic N) is 2. The van der Waals surface area contributed by atoms with E-state index in [1.807, 2.05) is 0 Å². The van der Waals surface area contributed by atoms with Crippen molar-refractivity contribution in [1.29, 1.82) is 0 Å². The van der Waals surface area contributed by atoms with Crippen LogP contribution in [-0.2, 0) is 32.0 Å². The number of rotatable bonds is 16. The number of imidazole rings is 1. The lowest BCUT2D eigenvalue weighted by molar-refractivity contribution is -0.142. The average Bonchev–Trinajstić information content (AvgIpc) is 3.42. The van der Waals surface area contributed by atoms with Crippen molar-refractivity contribution in [3.8, 4) is 0 Å². The average molecular weight is 558 g/mol. The van der Waals surface area contributed by atoms with Crippen molar-refractivity contribution in [2.75, 3.05) is 6.54 Å². The van der Waals surface area contributed by atoms with E-state index in [0.29, 0.717) is 18.7 Å². The lowest BCUT2D eigenvalue weighted by atomic mass is 10.0. The molecule has 0 aliphatic rings. The van der Waals surface area contributed by atoms with E-state index in [-0.39, 0.29) is 31.1 Å². The number of aromatic amines is 1. The number of nitrogens with two attached hydrogens (primary N) is 3. The summed E-state index contributed by atoms with van der Waals surface area (Å²) in [6.07, 6.45) is 3.74. The molecule has 3 amide bonds. The van der Waals surface area contributed by atoms with Gasteiger partial charge in [-0.25, -0.2) is 9.78 Å². The minimum atomic E-state index is -1.23. The molecule has 218 valence electrons. The summed E-state index contributed by atoms with van der Waals surface area (Å²) < 4.78 is 0. The smallest absolute Gasteiger partial charge is 0.326 e. The molecule has 14 heteroatoms. The second-order valence-corrected chi connectivity index (χ2v) is 9.72. The van der Waals surface area contributed by atoms with Crippen molar-refractivity contribution >= 4 is 29.7 Å². The molecule has 0 spiro atoms. The van der Waals surface area contributed by atoms with E-state index in [0.717, 1.165) is 5.56 Å². The highest BCUT2D eigenvalue weighted by atomic mass is 16.4. The zero-order valence-electron chi connectivity index (χ0n) is 22.7. The minimum Gasteiger partial charge on any atom is -0.480 e. The summed E-state index contributed by atoms with van der Waals surface area (Å²) in [5.41, 5.74) is 17.8. The van der Waals surface area contributed by atoms with Crippen LogP contribution < -0.4 is 33.2 Å². The van der Waals surface area contributed by atoms with E-state index < -0.39 is 47.9 Å². The van der Waals surface area contributed by atoms with Crippen molar-refractivity contribution in [1.82, 2.24) is 25.9 Å². The van der Waals surface area contributed by atoms with Gasteiger partial charge in [-0.1, -0.05) is 44.2 Å². The van der Waals surface area contributed by atoms with Gasteiger partial charge < -0.3 is 43.2 Å². The number of aliphatic carboxylic acids is 1. The third-order valence-corrected chi connectivity index (χ3v) is 6.06. The Bertz CT molecular complexity index is 1130. The van der Waals surface area contributed by atoms with Crippen molar-refractivity contribution in [2.24, 2.45) is 28.1 Å². The summed E-state index contributed by atoms with van der Waals surface area (Å²) in [7, 11) is 0. The number of carboxylic acids is 1. The van der Waals surface area contributed by atoms with Crippen LogP contribution in [0.25, 0.3) is 0 Å². The number of hydrogen-bond acceptors (Lipinski definition) is 7. The van der Waals surface area contributed by atoms with E-state index >= 15 is 0 Å². The summed E-state index contributed by atoms with van der Waals surface area (Å²) in [5, 5.41) is 17.6. The third-order valence-electron chi connectivity index (χ3n) is 6.06. The van der Waals surface area contributed by atoms with Gasteiger partial charge in [0.1, 0.15) is 18.1 Å². The van der Waals surface area contributed by atoms with E-state index in [2.05, 4.69) is 30.9 Å². The Balaban J connectivity index is 2.12. The molecule has 11 N–H and O–H groups in total. The first-order chi connectivity index (χ1) is 19.0. The number of aromatic nitrogens is 2. The van der Waals surface area contributed by atoms with Gasteiger partial charge in [-0.3, -0.25) is 19.4 Å². The molecule has 1 heterocycles. The zero-order valence-corrected chi connectivity index (χ0v) is 22.7. The van der Waals surface area contributed by atoms with Crippen LogP contribution in [0, 0.1) is 5.92 Å². The Morgan fingerprint density at radius 2 is 1.65 bits per heavy atom. The quantitative estimate of drug-likeness (QED) is 0.0698. The van der Waals surface area contributed by atoms with Crippen molar-refractivity contribution in [2.45, 2.75) is 63.7 Å². The summed E-state index contributed by atoms with van der Waals surface area (Å²) in [6, 6.07) is 4.57. The number of nitrogens with one attached hydrogen (secondary N) is 4. The van der Waals surface area contributed by atoms with Gasteiger partial charge >= 0.3 is 5.97 Å². The zero-order chi connectivity index (χ0) is 29.7. The first kappa shape index (κ1) is 31.8. The monoisotopic (exact) mass is 557 g/mol. The maximum Gasteiger partial charge on any atom is 0.326 e. The fourth-order valence-corrected chi connectivity index (χ4v) is 3.85. The molecule has 2 rings (SSSR count). The highest BCUT2D eigenvalue weighted by Crippen LogP contribution is 2.08. The summed E-state index contributed by atoms with van der Waals surface area (Å²) in [6.45, 7) is 3.78. The topological polar surface area (TPSA) is 244 Å². The number of hydrogen-bond donors (Lipinski definition) is 8. The number of amides is 3. The molecule has 0 radical (unpaired) electrons. The Morgan fingerprint density at radius 3 is 2.23 bits per heavy atom. The second kappa shape index (κ2) is 15.8. The third kappa shape index (κ3) is 10.7. The van der Waals surface area contributed by atoms with E-state index in [4.69, 9.17) is 17.2 Å². The standard InChI is InChI=1S/C26H39N9O5/c1-15(2)21(35-22(36)18(27)9-6-10-31-26(28)29)24(38)33-19(12-17-13-30-14-32-17)23(37)34-20(25(39)40)11-16-7-4-3-5-8-16/h3-5,7-8,13-15,18-21H,6,9-12,27H2,1-2H3,(H,30,32)(H,33,38)(H,34,37)(H,35,36)(H,39,40)(H4,28,29,31). The number of carboxylic acid groups (broad SMARTS) is 1. The Kier molecular flexibility index (Phi) is 12.6. The molecule has 14 nitrogen and oxygen atoms in total. The van der Waals surface area contributed by atoms with Gasteiger partial charge in [-0.2, -0.15) is 0 Å². The maximum atomic E-state index is 13.3. The van der Waals surface area contributed by atoms with Crippen LogP contribution >= 0.6 is 0 Å². The molecule has 40 heavy (non-hydrogen) atoms. The maximum absolute atomic E-state index is 13.3. The molecule has 0 aliphatic heterocycles. The largest absolute Gasteiger partial charge is 0.480 e. The second-order valence-electron chi connectivity index (χ2n) is 9.72. The van der Waals surface area contributed by atoms with Crippen LogP contribution in [0.4, 0.5) is 0 Å². The van der Waals surface area contributed by atoms with Gasteiger partial charge in [0, 0.05) is 31.3 Å². The van der Waals surface area contributed by atoms with Crippen molar-refractivity contribution in [3.63, 3.8) is 0 Å². The molecule has 4 atom stereocenters. The molecule has 0 bridgehead atoms. The van der Waals surface area contributed by atoms with Gasteiger partial charge in [0.05, 0.1) is 12.4 Å². The predicted molar refractivity (Wildman–Crippen MR) is 149 cm³/mol. The van der Waals surface area contributed by atoms with Crippen LogP contribution in [-0.4, -0.2) is 75.4 Å². The molecule has 1 aromatic heterocycles. The molecule has 0 fully saturated rings. The summed E-state index contributed by atoms with van der Waals surface area (Å²) in [4.78, 5) is 61.8. The van der Waals surface area contributed by atoms with Crippen molar-refractivity contribution in [3.05, 3.63) is 54.1 Å². The van der Waals surface area contributed by atoms with E-state index in [9.17, 15) is 24.3 Å². The Hall–Kier alpha value is -4.46. The van der Waals surface area contributed by atoms with Crippen LogP contribution in [0.15, 0.2) is 47.8 Å². The Morgan fingerprint density at radius 1 is 0.975 bits per heavy atom. The first-order valence-corrected chi connectivity index (χ1v) is 12.9. The summed E-state index contributed by atoms with van der Waals surface area (Å²) in [5.74, 6) is -3.48. The predicted octanol–water partition coefficient (Wildman–Crippen LogP) is -1.23. The van der Waals surface area contributed by atoms with Crippen LogP contribution in [0.1, 0.15) is 37.9 Å². The number of carbonyl (C=O) groups excluding carboxylic acids is 3. The number of aliphatic imine (C=N–C) groups is 1. The fourth-order valence-electron chi connectivity index (χ4n) is 3.85. The molecule has 1 aromatic carbocycles. The normalized spacial score (nSPS) is 13.9. The number of guanidine groups is 1. The number of carbonyl (C=O) groups is 4. The molecule has 0 saturated carbocycles. The van der Waals surface area contributed by atoms with E-state index in [1.165, 1.54) is 12.5 Å². The fraction of sp³-hybridized carbons (Fsp3) is 0.462. The molecular weight excluding hydrogens is 518 g/mol. The van der Waals surface area contributed by atoms with Gasteiger partial charge in [0.2, 0.25) is 17.7 Å². The van der Waals surface area contributed by atoms with Gasteiger partial charge in [-0.15, -0.1) is 0 Å². The van der Waals surface area contributed by atoms with Gasteiger partial charge in [-0.05, 0) is 24.3 Å². The first-order valence-electron chi connectivity index (χ1n) is 12.9. The van der Waals surface area contributed by atoms with E-state index in [1.54, 1.807) is 44.2 Å². The Labute approximate surface area is 232 Å². The van der Waals surface area contributed by atoms with Crippen LogP contribution in [0.3, 0.4) is 0 Å². The lowest BCUT2D eigenvalue weighted by Crippen LogP contribution is -2.59. The molecule has 0 saturated heterocycles. The SMILES string of the molecule is CC(C)C(NC(=O)C(N)CCCN=C(N)N)C(=O)NC(Cc1cnc[nH]1)C(=O)NC(Cc1ccccc1)C(=O)O. The molecule has 4 unspecified atom stereocenters.